The largest absolute Gasteiger partial charge is 0.480 e. The highest BCUT2D eigenvalue weighted by molar-refractivity contribution is 7.47. The van der Waals surface area contributed by atoms with Crippen LogP contribution in [0.4, 0.5) is 0 Å². The quantitative estimate of drug-likeness (QED) is 0.0237. The first kappa shape index (κ1) is 51.9. The lowest BCUT2D eigenvalue weighted by Crippen LogP contribution is -2.34. The Hall–Kier alpha value is -2.07. The van der Waals surface area contributed by atoms with Crippen LogP contribution in [0.2, 0.25) is 0 Å². The van der Waals surface area contributed by atoms with E-state index in [9.17, 15) is 19.0 Å². The van der Waals surface area contributed by atoms with Crippen molar-refractivity contribution in [2.75, 3.05) is 26.4 Å². The molecular weight excluding hydrogens is 705 g/mol. The fraction of sp³-hybridized carbons (Fsp3) is 0.767. The zero-order chi connectivity index (χ0) is 39.8. The molecule has 3 unspecified atom stereocenters. The van der Waals surface area contributed by atoms with Gasteiger partial charge >= 0.3 is 19.8 Å². The van der Waals surface area contributed by atoms with Crippen molar-refractivity contribution >= 4 is 19.8 Å². The molecule has 11 heteroatoms. The maximum atomic E-state index is 12.6. The Morgan fingerprint density at radius 3 is 1.56 bits per heavy atom. The number of carboxylic acids is 1. The Morgan fingerprint density at radius 2 is 1.04 bits per heavy atom. The van der Waals surface area contributed by atoms with Crippen LogP contribution in [0.3, 0.4) is 0 Å². The predicted molar refractivity (Wildman–Crippen MR) is 221 cm³/mol. The zero-order valence-corrected chi connectivity index (χ0v) is 35.0. The van der Waals surface area contributed by atoms with Gasteiger partial charge < -0.3 is 25.2 Å². The van der Waals surface area contributed by atoms with Crippen LogP contribution < -0.4 is 5.73 Å². The van der Waals surface area contributed by atoms with E-state index in [1.807, 2.05) is 0 Å². The van der Waals surface area contributed by atoms with Gasteiger partial charge in [-0.1, -0.05) is 146 Å². The summed E-state index contributed by atoms with van der Waals surface area (Å²) in [4.78, 5) is 33.5. The Balaban J connectivity index is 4.29. The molecule has 0 amide bonds. The lowest BCUT2D eigenvalue weighted by atomic mass is 10.1. The number of unbranched alkanes of at least 4 members (excludes halogenated alkanes) is 18. The Labute approximate surface area is 329 Å². The number of allylic oxidation sites excluding steroid dienone is 8. The normalized spacial score (nSPS) is 14.4. The number of phosphoric ester groups is 1. The molecule has 0 aromatic carbocycles. The van der Waals surface area contributed by atoms with E-state index in [0.717, 1.165) is 64.2 Å². The molecule has 0 aliphatic heterocycles. The van der Waals surface area contributed by atoms with Gasteiger partial charge in [-0.2, -0.15) is 0 Å². The maximum absolute atomic E-state index is 12.6. The zero-order valence-electron chi connectivity index (χ0n) is 34.1. The van der Waals surface area contributed by atoms with Crippen molar-refractivity contribution in [2.24, 2.45) is 5.73 Å². The molecule has 10 nitrogen and oxygen atoms in total. The van der Waals surface area contributed by atoms with E-state index < -0.39 is 45.1 Å². The SMILES string of the molecule is CCCC/C=C\C/C=C\CCCCCCCCOCC(COP(=O)(O)OCC(N)C(=O)O)OC(=O)CCCCCCCCC/C=C\C/C=C\CCCCC. The number of nitrogens with two attached hydrogens (primary N) is 1. The summed E-state index contributed by atoms with van der Waals surface area (Å²) in [5, 5.41) is 8.89. The van der Waals surface area contributed by atoms with Crippen LogP contribution in [0.25, 0.3) is 0 Å². The number of hydrogen-bond donors (Lipinski definition) is 3. The number of carbonyl (C=O) groups is 2. The minimum absolute atomic E-state index is 0.00540. The second kappa shape index (κ2) is 39.2. The Bertz CT molecular complexity index is 1050. The van der Waals surface area contributed by atoms with Gasteiger partial charge in [0.1, 0.15) is 12.1 Å². The van der Waals surface area contributed by atoms with Gasteiger partial charge in [-0.3, -0.25) is 18.6 Å². The highest BCUT2D eigenvalue weighted by Gasteiger charge is 2.27. The van der Waals surface area contributed by atoms with Gasteiger partial charge in [0, 0.05) is 13.0 Å². The van der Waals surface area contributed by atoms with Gasteiger partial charge in [0.2, 0.25) is 0 Å². The summed E-state index contributed by atoms with van der Waals surface area (Å²) >= 11 is 0. The molecule has 3 atom stereocenters. The molecule has 0 aromatic rings. The molecule has 0 heterocycles. The van der Waals surface area contributed by atoms with E-state index in [0.29, 0.717) is 13.0 Å². The van der Waals surface area contributed by atoms with Crippen molar-refractivity contribution in [3.8, 4) is 0 Å². The molecule has 0 spiro atoms. The van der Waals surface area contributed by atoms with E-state index in [4.69, 9.17) is 29.4 Å². The number of hydrogen-bond acceptors (Lipinski definition) is 8. The first-order valence-corrected chi connectivity index (χ1v) is 22.7. The van der Waals surface area contributed by atoms with Crippen LogP contribution in [0.1, 0.15) is 174 Å². The van der Waals surface area contributed by atoms with Gasteiger partial charge in [0.15, 0.2) is 0 Å². The number of ether oxygens (including phenoxy) is 2. The highest BCUT2D eigenvalue weighted by atomic mass is 31.2. The topological polar surface area (TPSA) is 155 Å². The fourth-order valence-corrected chi connectivity index (χ4v) is 6.25. The highest BCUT2D eigenvalue weighted by Crippen LogP contribution is 2.43. The molecule has 0 bridgehead atoms. The Morgan fingerprint density at radius 1 is 0.593 bits per heavy atom. The van der Waals surface area contributed by atoms with Crippen LogP contribution >= 0.6 is 7.82 Å². The maximum Gasteiger partial charge on any atom is 0.472 e. The van der Waals surface area contributed by atoms with E-state index in [-0.39, 0.29) is 13.0 Å². The molecule has 0 rings (SSSR count). The van der Waals surface area contributed by atoms with Crippen LogP contribution in [-0.4, -0.2) is 60.5 Å². The summed E-state index contributed by atoms with van der Waals surface area (Å²) < 4.78 is 33.3. The molecule has 4 N–H and O–H groups in total. The third kappa shape index (κ3) is 38.2. The molecule has 0 aromatic heterocycles. The third-order valence-electron chi connectivity index (χ3n) is 8.83. The smallest absolute Gasteiger partial charge is 0.472 e. The Kier molecular flexibility index (Phi) is 37.7. The summed E-state index contributed by atoms with van der Waals surface area (Å²) in [5.74, 6) is -1.79. The molecule has 0 radical (unpaired) electrons. The third-order valence-corrected chi connectivity index (χ3v) is 9.78. The summed E-state index contributed by atoms with van der Waals surface area (Å²) in [6.07, 6.45) is 44.4. The number of esters is 1. The van der Waals surface area contributed by atoms with Crippen LogP contribution in [0.5, 0.6) is 0 Å². The molecular formula is C43H78NO9P. The van der Waals surface area contributed by atoms with Crippen molar-refractivity contribution in [3.05, 3.63) is 48.6 Å². The molecule has 0 fully saturated rings. The summed E-state index contributed by atoms with van der Waals surface area (Å²) in [6, 6.07) is -1.48. The van der Waals surface area contributed by atoms with E-state index in [1.54, 1.807) is 0 Å². The molecule has 0 aliphatic carbocycles. The van der Waals surface area contributed by atoms with Gasteiger partial charge in [0.25, 0.3) is 0 Å². The molecule has 0 saturated heterocycles. The number of carboxylic acid groups (broad SMARTS) is 1. The standard InChI is InChI=1S/C43H78NO9P/c1-3-5-7-9-11-13-15-17-19-20-21-23-25-27-29-31-33-35-42(45)53-40(38-51-54(48,49)52-39-41(44)43(46)47)37-50-36-34-32-30-28-26-24-22-18-16-14-12-10-8-6-4-2/h10-13,16-19,40-41H,3-9,14-15,20-39,44H2,1-2H3,(H,46,47)(H,48,49)/b12-10-,13-11-,18-16-,19-17-. The van der Waals surface area contributed by atoms with E-state index in [2.05, 4.69) is 62.5 Å². The number of aliphatic carboxylic acids is 1. The second-order valence-corrected chi connectivity index (χ2v) is 15.6. The number of rotatable bonds is 40. The van der Waals surface area contributed by atoms with Gasteiger partial charge in [0.05, 0.1) is 19.8 Å². The van der Waals surface area contributed by atoms with Crippen molar-refractivity contribution in [1.82, 2.24) is 0 Å². The molecule has 314 valence electrons. The van der Waals surface area contributed by atoms with Crippen molar-refractivity contribution in [3.63, 3.8) is 0 Å². The molecule has 0 aliphatic rings. The van der Waals surface area contributed by atoms with Crippen LogP contribution in [0, 0.1) is 0 Å². The summed E-state index contributed by atoms with van der Waals surface area (Å²) in [5.41, 5.74) is 5.35. The molecule has 54 heavy (non-hydrogen) atoms. The second-order valence-electron chi connectivity index (χ2n) is 14.1. The molecule has 0 saturated carbocycles. The summed E-state index contributed by atoms with van der Waals surface area (Å²) in [7, 11) is -4.62. The number of carbonyl (C=O) groups excluding carboxylic acids is 1. The van der Waals surface area contributed by atoms with Crippen molar-refractivity contribution in [2.45, 2.75) is 187 Å². The first-order chi connectivity index (χ1) is 26.2. The monoisotopic (exact) mass is 784 g/mol. The van der Waals surface area contributed by atoms with Crippen molar-refractivity contribution < 1.29 is 42.7 Å². The van der Waals surface area contributed by atoms with Crippen molar-refractivity contribution in [1.29, 1.82) is 0 Å². The lowest BCUT2D eigenvalue weighted by molar-refractivity contribution is -0.154. The fourth-order valence-electron chi connectivity index (χ4n) is 5.47. The van der Waals surface area contributed by atoms with Crippen LogP contribution in [-0.2, 0) is 32.7 Å². The van der Waals surface area contributed by atoms with Gasteiger partial charge in [-0.25, -0.2) is 4.57 Å². The van der Waals surface area contributed by atoms with E-state index in [1.165, 1.54) is 83.5 Å². The minimum atomic E-state index is -4.62. The predicted octanol–water partition coefficient (Wildman–Crippen LogP) is 11.5. The van der Waals surface area contributed by atoms with Gasteiger partial charge in [-0.05, 0) is 70.6 Å². The average molecular weight is 784 g/mol. The number of phosphoric acid groups is 1. The minimum Gasteiger partial charge on any atom is -0.480 e. The van der Waals surface area contributed by atoms with E-state index >= 15 is 0 Å². The lowest BCUT2D eigenvalue weighted by Gasteiger charge is -2.20. The first-order valence-electron chi connectivity index (χ1n) is 21.2. The van der Waals surface area contributed by atoms with Gasteiger partial charge in [-0.15, -0.1) is 0 Å². The van der Waals surface area contributed by atoms with Crippen LogP contribution in [0.15, 0.2) is 48.6 Å². The average Bonchev–Trinajstić information content (AvgIpc) is 3.15. The summed E-state index contributed by atoms with van der Waals surface area (Å²) in [6.45, 7) is 3.78.